The second-order valence-corrected chi connectivity index (χ2v) is 9.24. The smallest absolute Gasteiger partial charge is 0.296 e. The van der Waals surface area contributed by atoms with E-state index in [4.69, 9.17) is 37.8 Å². The first-order valence-corrected chi connectivity index (χ1v) is 12.6. The van der Waals surface area contributed by atoms with Gasteiger partial charge >= 0.3 is 0 Å². The van der Waals surface area contributed by atoms with Crippen molar-refractivity contribution in [2.45, 2.75) is 30.6 Å². The summed E-state index contributed by atoms with van der Waals surface area (Å²) in [7, 11) is -8.34. The molecule has 0 bridgehead atoms. The molecule has 0 aliphatic heterocycles. The fraction of sp³-hybridized carbons (Fsp3) is 0.143. The molecule has 3 aromatic rings. The maximum absolute atomic E-state index is 10.6. The third-order valence-corrected chi connectivity index (χ3v) is 5.56. The maximum atomic E-state index is 10.6. The van der Waals surface area contributed by atoms with Crippen LogP contribution in [0.2, 0.25) is 0 Å². The molecular weight excluding hydrogens is 482 g/mol. The SMILES string of the molecule is CC.Cc1cc(N)ccc1N.Nc1ccc(N)c(S(=O)(=O)O)c1.Nc1ccc(S(=O)(=O)O)cc1. The van der Waals surface area contributed by atoms with Crippen LogP contribution in [0, 0.1) is 6.92 Å². The molecule has 11 nitrogen and oxygen atoms in total. The van der Waals surface area contributed by atoms with Gasteiger partial charge in [-0.15, -0.1) is 0 Å². The highest BCUT2D eigenvalue weighted by Gasteiger charge is 2.13. The lowest BCUT2D eigenvalue weighted by Crippen LogP contribution is -2.03. The summed E-state index contributed by atoms with van der Waals surface area (Å²) in [6, 6.07) is 14.6. The highest BCUT2D eigenvalue weighted by Crippen LogP contribution is 2.20. The zero-order valence-electron chi connectivity index (χ0n) is 19.0. The Hall–Kier alpha value is -3.52. The Balaban J connectivity index is 0.000000467. The lowest BCUT2D eigenvalue weighted by molar-refractivity contribution is 0.481. The lowest BCUT2D eigenvalue weighted by atomic mass is 10.2. The molecule has 0 aromatic heterocycles. The number of hydrogen-bond acceptors (Lipinski definition) is 9. The normalized spacial score (nSPS) is 10.4. The Morgan fingerprint density at radius 1 is 0.588 bits per heavy atom. The van der Waals surface area contributed by atoms with Gasteiger partial charge in [-0.2, -0.15) is 16.8 Å². The van der Waals surface area contributed by atoms with Crippen LogP contribution in [0.25, 0.3) is 0 Å². The Morgan fingerprint density at radius 3 is 1.35 bits per heavy atom. The highest BCUT2D eigenvalue weighted by molar-refractivity contribution is 7.86. The van der Waals surface area contributed by atoms with Crippen molar-refractivity contribution >= 4 is 48.7 Å². The van der Waals surface area contributed by atoms with E-state index in [1.165, 1.54) is 36.4 Å². The van der Waals surface area contributed by atoms with Crippen molar-refractivity contribution in [1.82, 2.24) is 0 Å². The third-order valence-electron chi connectivity index (χ3n) is 3.79. The number of nitrogen functional groups attached to an aromatic ring is 5. The molecule has 0 amide bonds. The molecule has 0 unspecified atom stereocenters. The molecule has 0 fully saturated rings. The molecular formula is C21H31N5O6S2. The van der Waals surface area contributed by atoms with E-state index in [1.54, 1.807) is 6.07 Å². The topological polar surface area (TPSA) is 239 Å². The number of hydrogen-bond donors (Lipinski definition) is 7. The van der Waals surface area contributed by atoms with E-state index in [1.807, 2.05) is 32.9 Å². The van der Waals surface area contributed by atoms with Crippen LogP contribution in [0.1, 0.15) is 19.4 Å². The molecule has 3 aromatic carbocycles. The first-order valence-electron chi connectivity index (χ1n) is 9.68. The van der Waals surface area contributed by atoms with Crippen LogP contribution in [-0.2, 0) is 20.2 Å². The fourth-order valence-corrected chi connectivity index (χ4v) is 3.24. The van der Waals surface area contributed by atoms with Gasteiger partial charge < -0.3 is 28.7 Å². The van der Waals surface area contributed by atoms with Gasteiger partial charge in [0.15, 0.2) is 0 Å². The van der Waals surface area contributed by atoms with Gasteiger partial charge in [0, 0.05) is 22.7 Å². The summed E-state index contributed by atoms with van der Waals surface area (Å²) >= 11 is 0. The standard InChI is InChI=1S/C7H10N2.C6H8N2O3S.C6H7NO3S.C2H6/c1-5-4-6(8)2-3-7(5)9;7-4-1-2-5(8)6(3-4)12(9,10)11;7-5-1-3-6(4-2-5)11(8,9)10;1-2/h2-4H,8-9H2,1H3;1-3H,7-8H2,(H,9,10,11);1-4H,7H2,(H,8,9,10);1-2H3. The molecule has 13 heteroatoms. The van der Waals surface area contributed by atoms with Crippen LogP contribution < -0.4 is 28.7 Å². The second-order valence-electron chi connectivity index (χ2n) is 6.43. The van der Waals surface area contributed by atoms with Crippen molar-refractivity contribution in [2.75, 3.05) is 28.7 Å². The van der Waals surface area contributed by atoms with Crippen LogP contribution in [-0.4, -0.2) is 25.9 Å². The minimum absolute atomic E-state index is 0.0216. The van der Waals surface area contributed by atoms with Gasteiger partial charge in [-0.25, -0.2) is 0 Å². The van der Waals surface area contributed by atoms with Crippen molar-refractivity contribution in [3.8, 4) is 0 Å². The van der Waals surface area contributed by atoms with Crippen LogP contribution >= 0.6 is 0 Å². The molecule has 0 saturated carbocycles. The molecule has 0 saturated heterocycles. The molecule has 0 radical (unpaired) electrons. The lowest BCUT2D eigenvalue weighted by Gasteiger charge is -2.02. The summed E-state index contributed by atoms with van der Waals surface area (Å²) in [6.45, 7) is 5.94. The largest absolute Gasteiger partial charge is 0.399 e. The van der Waals surface area contributed by atoms with Gasteiger partial charge in [0.1, 0.15) is 4.90 Å². The molecule has 12 N–H and O–H groups in total. The summed E-state index contributed by atoms with van der Waals surface area (Å²) < 4.78 is 59.3. The van der Waals surface area contributed by atoms with Gasteiger partial charge in [-0.3, -0.25) is 9.11 Å². The molecule has 188 valence electrons. The molecule has 3 rings (SSSR count). The fourth-order valence-electron chi connectivity index (χ4n) is 2.11. The van der Waals surface area contributed by atoms with Crippen LogP contribution in [0.3, 0.4) is 0 Å². The number of benzene rings is 3. The third kappa shape index (κ3) is 10.9. The Morgan fingerprint density at radius 2 is 1.00 bits per heavy atom. The number of anilines is 5. The second kappa shape index (κ2) is 13.3. The van der Waals surface area contributed by atoms with Crippen LogP contribution in [0.15, 0.2) is 70.5 Å². The van der Waals surface area contributed by atoms with Gasteiger partial charge in [0.05, 0.1) is 10.6 Å². The Bertz CT molecular complexity index is 1280. The van der Waals surface area contributed by atoms with Crippen molar-refractivity contribution in [3.63, 3.8) is 0 Å². The van der Waals surface area contributed by atoms with Crippen molar-refractivity contribution in [2.24, 2.45) is 0 Å². The first kappa shape index (κ1) is 30.5. The Labute approximate surface area is 200 Å². The maximum Gasteiger partial charge on any atom is 0.296 e. The molecule has 0 aliphatic carbocycles. The van der Waals surface area contributed by atoms with E-state index in [0.717, 1.165) is 23.0 Å². The van der Waals surface area contributed by atoms with E-state index < -0.39 is 20.2 Å². The highest BCUT2D eigenvalue weighted by atomic mass is 32.2. The molecule has 0 aliphatic rings. The van der Waals surface area contributed by atoms with Gasteiger partial charge in [-0.1, -0.05) is 13.8 Å². The first-order chi connectivity index (χ1) is 15.6. The molecule has 0 atom stereocenters. The molecule has 0 spiro atoms. The number of aryl methyl sites for hydroxylation is 1. The van der Waals surface area contributed by atoms with Gasteiger partial charge in [0.25, 0.3) is 20.2 Å². The average molecular weight is 514 g/mol. The monoisotopic (exact) mass is 513 g/mol. The van der Waals surface area contributed by atoms with Gasteiger partial charge in [-0.05, 0) is 73.2 Å². The summed E-state index contributed by atoms with van der Waals surface area (Å²) in [5.74, 6) is 0. The summed E-state index contributed by atoms with van der Waals surface area (Å²) in [5, 5.41) is 0. The zero-order valence-corrected chi connectivity index (χ0v) is 20.6. The summed E-state index contributed by atoms with van der Waals surface area (Å²) in [4.78, 5) is -0.505. The van der Waals surface area contributed by atoms with E-state index in [2.05, 4.69) is 0 Å². The van der Waals surface area contributed by atoms with Crippen molar-refractivity contribution in [1.29, 1.82) is 0 Å². The number of nitrogens with two attached hydrogens (primary N) is 5. The van der Waals surface area contributed by atoms with E-state index in [0.29, 0.717) is 5.69 Å². The van der Waals surface area contributed by atoms with Crippen LogP contribution in [0.5, 0.6) is 0 Å². The molecule has 0 heterocycles. The predicted octanol–water partition coefficient (Wildman–Crippen LogP) is 2.80. The van der Waals surface area contributed by atoms with Crippen molar-refractivity contribution < 1.29 is 25.9 Å². The molecule has 34 heavy (non-hydrogen) atoms. The van der Waals surface area contributed by atoms with E-state index in [9.17, 15) is 16.8 Å². The predicted molar refractivity (Wildman–Crippen MR) is 137 cm³/mol. The zero-order chi connectivity index (χ0) is 26.7. The van der Waals surface area contributed by atoms with E-state index >= 15 is 0 Å². The van der Waals surface area contributed by atoms with E-state index in [-0.39, 0.29) is 21.2 Å². The van der Waals surface area contributed by atoms with Gasteiger partial charge in [0.2, 0.25) is 0 Å². The quantitative estimate of drug-likeness (QED) is 0.194. The van der Waals surface area contributed by atoms with Crippen molar-refractivity contribution in [3.05, 3.63) is 66.2 Å². The minimum atomic E-state index is -4.26. The summed E-state index contributed by atoms with van der Waals surface area (Å²) in [5.41, 5.74) is 30.1. The minimum Gasteiger partial charge on any atom is -0.399 e. The Kier molecular flexibility index (Phi) is 11.9. The van der Waals surface area contributed by atoms with Crippen LogP contribution in [0.4, 0.5) is 28.4 Å². The number of rotatable bonds is 2. The summed E-state index contributed by atoms with van der Waals surface area (Å²) in [6.07, 6.45) is 0. The average Bonchev–Trinajstić information content (AvgIpc) is 2.74.